The molecule has 0 heterocycles. The zero-order valence-corrected chi connectivity index (χ0v) is 18.2. The quantitative estimate of drug-likeness (QED) is 0.162. The first kappa shape index (κ1) is 23.2. The third-order valence-electron chi connectivity index (χ3n) is 4.05. The van der Waals surface area contributed by atoms with Crippen LogP contribution < -0.4 is 16.0 Å². The fourth-order valence-corrected chi connectivity index (χ4v) is 2.42. The molecule has 1 aliphatic carbocycles. The van der Waals surface area contributed by atoms with Gasteiger partial charge < -0.3 is 20.7 Å². The summed E-state index contributed by atoms with van der Waals surface area (Å²) in [6, 6.07) is 7.35. The van der Waals surface area contributed by atoms with E-state index in [-0.39, 0.29) is 41.8 Å². The first-order valence-corrected chi connectivity index (χ1v) is 9.11. The van der Waals surface area contributed by atoms with E-state index in [9.17, 15) is 9.59 Å². The monoisotopic (exact) mass is 488 g/mol. The largest absolute Gasteiger partial charge is 0.465 e. The van der Waals surface area contributed by atoms with Gasteiger partial charge in [0.05, 0.1) is 12.7 Å². The highest BCUT2D eigenvalue weighted by Gasteiger charge is 2.28. The molecule has 3 N–H and O–H groups in total. The molecule has 8 heteroatoms. The molecule has 1 aliphatic rings. The number of carbonyl (C=O) groups is 2. The maximum absolute atomic E-state index is 11.6. The summed E-state index contributed by atoms with van der Waals surface area (Å²) in [6.45, 7) is 4.64. The van der Waals surface area contributed by atoms with Crippen LogP contribution in [0, 0.1) is 5.92 Å². The fourth-order valence-electron chi connectivity index (χ4n) is 2.42. The second kappa shape index (κ2) is 12.5. The molecule has 7 nitrogen and oxygen atoms in total. The van der Waals surface area contributed by atoms with E-state index in [0.29, 0.717) is 25.2 Å². The van der Waals surface area contributed by atoms with Crippen LogP contribution in [0.25, 0.3) is 0 Å². The minimum Gasteiger partial charge on any atom is -0.465 e. The third-order valence-corrected chi connectivity index (χ3v) is 4.05. The van der Waals surface area contributed by atoms with Gasteiger partial charge in [-0.2, -0.15) is 0 Å². The van der Waals surface area contributed by atoms with Crippen LogP contribution in [0.2, 0.25) is 0 Å². The van der Waals surface area contributed by atoms with Crippen molar-refractivity contribution in [3.8, 4) is 0 Å². The van der Waals surface area contributed by atoms with Gasteiger partial charge in [-0.15, -0.1) is 24.0 Å². The van der Waals surface area contributed by atoms with Gasteiger partial charge in [-0.1, -0.05) is 12.1 Å². The van der Waals surface area contributed by atoms with Gasteiger partial charge in [0.25, 0.3) is 0 Å². The Labute approximate surface area is 177 Å². The van der Waals surface area contributed by atoms with Crippen LogP contribution in [0.15, 0.2) is 29.3 Å². The molecular formula is C19H29IN4O3. The van der Waals surface area contributed by atoms with Gasteiger partial charge in [0.2, 0.25) is 5.91 Å². The minimum absolute atomic E-state index is 0. The number of rotatable bonds is 9. The average Bonchev–Trinajstić information content (AvgIpc) is 3.50. The Morgan fingerprint density at radius 2 is 1.78 bits per heavy atom. The summed E-state index contributed by atoms with van der Waals surface area (Å²) in [5.74, 6) is 0.799. The van der Waals surface area contributed by atoms with Crippen LogP contribution in [0.1, 0.15) is 35.7 Å². The summed E-state index contributed by atoms with van der Waals surface area (Å²) >= 11 is 0. The molecule has 1 aromatic rings. The molecule has 0 aliphatic heterocycles. The second-order valence-electron chi connectivity index (χ2n) is 6.19. The van der Waals surface area contributed by atoms with E-state index in [0.717, 1.165) is 37.3 Å². The maximum Gasteiger partial charge on any atom is 0.337 e. The molecule has 150 valence electrons. The molecule has 0 saturated heterocycles. The number of halogens is 1. The molecule has 1 saturated carbocycles. The number of carbonyl (C=O) groups excluding carboxylic acids is 2. The summed E-state index contributed by atoms with van der Waals surface area (Å²) in [4.78, 5) is 27.5. The van der Waals surface area contributed by atoms with Crippen LogP contribution in [-0.4, -0.2) is 51.1 Å². The van der Waals surface area contributed by atoms with Crippen molar-refractivity contribution in [2.75, 3.05) is 33.3 Å². The minimum atomic E-state index is -0.332. The van der Waals surface area contributed by atoms with Crippen molar-refractivity contribution in [2.24, 2.45) is 10.9 Å². The summed E-state index contributed by atoms with van der Waals surface area (Å²) in [7, 11) is 1.37. The lowest BCUT2D eigenvalue weighted by Crippen LogP contribution is -2.41. The van der Waals surface area contributed by atoms with E-state index in [1.165, 1.54) is 7.11 Å². The number of ether oxygens (including phenoxy) is 1. The predicted molar refractivity (Wildman–Crippen MR) is 117 cm³/mol. The number of guanidine groups is 1. The summed E-state index contributed by atoms with van der Waals surface area (Å²) < 4.78 is 4.69. The number of benzene rings is 1. The molecule has 0 radical (unpaired) electrons. The number of hydrogen-bond acceptors (Lipinski definition) is 4. The molecule has 2 rings (SSSR count). The summed E-state index contributed by atoms with van der Waals surface area (Å²) in [5, 5.41) is 9.33. The van der Waals surface area contributed by atoms with Crippen LogP contribution in [-0.2, 0) is 16.0 Å². The molecule has 0 spiro atoms. The van der Waals surface area contributed by atoms with Gasteiger partial charge >= 0.3 is 5.97 Å². The Morgan fingerprint density at radius 3 is 2.37 bits per heavy atom. The van der Waals surface area contributed by atoms with E-state index in [1.54, 1.807) is 12.1 Å². The fraction of sp³-hybridized carbons (Fsp3) is 0.526. The van der Waals surface area contributed by atoms with E-state index in [1.807, 2.05) is 19.1 Å². The lowest BCUT2D eigenvalue weighted by Gasteiger charge is -2.12. The molecule has 0 unspecified atom stereocenters. The van der Waals surface area contributed by atoms with Crippen molar-refractivity contribution in [1.29, 1.82) is 0 Å². The highest BCUT2D eigenvalue weighted by molar-refractivity contribution is 14.0. The van der Waals surface area contributed by atoms with Crippen LogP contribution in [0.4, 0.5) is 0 Å². The van der Waals surface area contributed by atoms with Gasteiger partial charge in [-0.3, -0.25) is 9.79 Å². The Hall–Kier alpha value is -1.84. The third kappa shape index (κ3) is 8.59. The molecule has 0 bridgehead atoms. The van der Waals surface area contributed by atoms with Crippen molar-refractivity contribution in [3.63, 3.8) is 0 Å². The smallest absolute Gasteiger partial charge is 0.337 e. The van der Waals surface area contributed by atoms with Gasteiger partial charge in [0.1, 0.15) is 0 Å². The van der Waals surface area contributed by atoms with Gasteiger partial charge in [0.15, 0.2) is 5.96 Å². The molecule has 0 aromatic heterocycles. The SMILES string of the molecule is CCNC(=NCCc1ccc(C(=O)OC)cc1)NCCNC(=O)C1CC1.I. The number of amides is 1. The Morgan fingerprint density at radius 1 is 1.11 bits per heavy atom. The lowest BCUT2D eigenvalue weighted by molar-refractivity contribution is -0.122. The molecule has 1 amide bonds. The second-order valence-corrected chi connectivity index (χ2v) is 6.19. The summed E-state index contributed by atoms with van der Waals surface area (Å²) in [6.07, 6.45) is 2.81. The zero-order chi connectivity index (χ0) is 18.8. The number of hydrogen-bond donors (Lipinski definition) is 3. The van der Waals surface area contributed by atoms with Crippen molar-refractivity contribution in [3.05, 3.63) is 35.4 Å². The van der Waals surface area contributed by atoms with Crippen LogP contribution >= 0.6 is 24.0 Å². The van der Waals surface area contributed by atoms with Gasteiger partial charge in [0, 0.05) is 32.1 Å². The van der Waals surface area contributed by atoms with E-state index < -0.39 is 0 Å². The number of methoxy groups -OCH3 is 1. The van der Waals surface area contributed by atoms with Crippen molar-refractivity contribution >= 4 is 41.8 Å². The average molecular weight is 488 g/mol. The van der Waals surface area contributed by atoms with Crippen molar-refractivity contribution < 1.29 is 14.3 Å². The Kier molecular flexibility index (Phi) is 10.8. The van der Waals surface area contributed by atoms with Gasteiger partial charge in [-0.25, -0.2) is 4.79 Å². The van der Waals surface area contributed by atoms with E-state index in [2.05, 4.69) is 20.9 Å². The standard InChI is InChI=1S/C19H28N4O3.HI/c1-3-20-19(23-13-12-21-17(24)15-8-9-15)22-11-10-14-4-6-16(7-5-14)18(25)26-2;/h4-7,15H,3,8-13H2,1-2H3,(H,21,24)(H2,20,22,23);1H. The van der Waals surface area contributed by atoms with Crippen LogP contribution in [0.5, 0.6) is 0 Å². The van der Waals surface area contributed by atoms with Crippen molar-refractivity contribution in [2.45, 2.75) is 26.2 Å². The first-order valence-electron chi connectivity index (χ1n) is 9.11. The highest BCUT2D eigenvalue weighted by Crippen LogP contribution is 2.28. The topological polar surface area (TPSA) is 91.8 Å². The molecule has 1 aromatic carbocycles. The normalized spacial score (nSPS) is 13.3. The molecular weight excluding hydrogens is 459 g/mol. The van der Waals surface area contributed by atoms with Crippen LogP contribution in [0.3, 0.4) is 0 Å². The number of nitrogens with zero attached hydrogens (tertiary/aromatic N) is 1. The molecule has 27 heavy (non-hydrogen) atoms. The lowest BCUT2D eigenvalue weighted by atomic mass is 10.1. The number of aliphatic imine (C=N–C) groups is 1. The van der Waals surface area contributed by atoms with Gasteiger partial charge in [-0.05, 0) is 43.9 Å². The van der Waals surface area contributed by atoms with E-state index in [4.69, 9.17) is 4.74 Å². The zero-order valence-electron chi connectivity index (χ0n) is 15.9. The Balaban J connectivity index is 0.00000364. The van der Waals surface area contributed by atoms with E-state index >= 15 is 0 Å². The molecule has 1 fully saturated rings. The van der Waals surface area contributed by atoms with Crippen molar-refractivity contribution in [1.82, 2.24) is 16.0 Å². The first-order chi connectivity index (χ1) is 12.6. The number of nitrogens with one attached hydrogen (secondary N) is 3. The molecule has 0 atom stereocenters. The highest BCUT2D eigenvalue weighted by atomic mass is 127. The number of esters is 1. The summed E-state index contributed by atoms with van der Waals surface area (Å²) in [5.41, 5.74) is 1.65. The predicted octanol–water partition coefficient (Wildman–Crippen LogP) is 1.71. The Bertz CT molecular complexity index is 630. The maximum atomic E-state index is 11.6.